The van der Waals surface area contributed by atoms with Gasteiger partial charge < -0.3 is 19.7 Å². The molecule has 4 aromatic rings. The third-order valence-corrected chi connectivity index (χ3v) is 6.37. The second-order valence-electron chi connectivity index (χ2n) is 7.59. The maximum absolute atomic E-state index is 10.2. The van der Waals surface area contributed by atoms with E-state index in [0.29, 0.717) is 5.75 Å². The summed E-state index contributed by atoms with van der Waals surface area (Å²) in [5.41, 5.74) is 1.68. The number of aromatic nitrogens is 4. The molecular weight excluding hydrogens is 398 g/mol. The molecule has 0 aliphatic heterocycles. The van der Waals surface area contributed by atoms with Gasteiger partial charge in [-0.05, 0) is 31.0 Å². The van der Waals surface area contributed by atoms with Gasteiger partial charge in [0.2, 0.25) is 0 Å². The summed E-state index contributed by atoms with van der Waals surface area (Å²) in [4.78, 5) is 13.4. The highest BCUT2D eigenvalue weighted by molar-refractivity contribution is 7.22. The van der Waals surface area contributed by atoms with Gasteiger partial charge >= 0.3 is 0 Å². The Bertz CT molecular complexity index is 1170. The monoisotopic (exact) mass is 421 g/mol. The van der Waals surface area contributed by atoms with Gasteiger partial charge in [0, 0.05) is 37.8 Å². The van der Waals surface area contributed by atoms with Crippen molar-refractivity contribution in [1.29, 1.82) is 0 Å². The largest absolute Gasteiger partial charge is 0.457 e. The van der Waals surface area contributed by atoms with E-state index in [-0.39, 0.29) is 12.1 Å². The number of fused-ring (bicyclic) bond motifs is 1. The summed E-state index contributed by atoms with van der Waals surface area (Å²) in [6.07, 6.45) is 9.13. The summed E-state index contributed by atoms with van der Waals surface area (Å²) >= 11 is 1.58. The minimum Gasteiger partial charge on any atom is -0.457 e. The molecule has 30 heavy (non-hydrogen) atoms. The van der Waals surface area contributed by atoms with Gasteiger partial charge in [-0.1, -0.05) is 24.2 Å². The van der Waals surface area contributed by atoms with Crippen LogP contribution in [0.3, 0.4) is 0 Å². The number of nitrogens with zero attached hydrogens (tertiary/aromatic N) is 4. The SMILES string of the molecule is Cn1ccnc1-c1cc(Oc2ccc3nc(NC4CCCCC4O)sc3c2)ccn1. The van der Waals surface area contributed by atoms with Crippen molar-refractivity contribution in [2.24, 2.45) is 7.05 Å². The van der Waals surface area contributed by atoms with Crippen LogP contribution in [0.4, 0.5) is 5.13 Å². The maximum atomic E-state index is 10.2. The summed E-state index contributed by atoms with van der Waals surface area (Å²) in [6, 6.07) is 9.68. The van der Waals surface area contributed by atoms with Gasteiger partial charge in [-0.2, -0.15) is 0 Å². The van der Waals surface area contributed by atoms with Crippen LogP contribution in [0, 0.1) is 0 Å². The molecular formula is C22H23N5O2S. The van der Waals surface area contributed by atoms with E-state index in [9.17, 15) is 5.11 Å². The predicted octanol–water partition coefficient (Wildman–Crippen LogP) is 4.60. The fourth-order valence-electron chi connectivity index (χ4n) is 3.81. The second-order valence-corrected chi connectivity index (χ2v) is 8.62. The molecule has 8 heteroatoms. The third kappa shape index (κ3) is 3.88. The first-order chi connectivity index (χ1) is 14.7. The van der Waals surface area contributed by atoms with Gasteiger partial charge in [0.1, 0.15) is 17.2 Å². The van der Waals surface area contributed by atoms with E-state index in [0.717, 1.165) is 58.3 Å². The number of aliphatic hydroxyl groups excluding tert-OH is 1. The van der Waals surface area contributed by atoms with E-state index in [2.05, 4.69) is 20.3 Å². The van der Waals surface area contributed by atoms with Crippen molar-refractivity contribution in [3.8, 4) is 23.0 Å². The molecule has 1 saturated carbocycles. The zero-order chi connectivity index (χ0) is 20.5. The minimum absolute atomic E-state index is 0.0800. The van der Waals surface area contributed by atoms with E-state index >= 15 is 0 Å². The van der Waals surface area contributed by atoms with Crippen LogP contribution in [0.1, 0.15) is 25.7 Å². The van der Waals surface area contributed by atoms with Gasteiger partial charge in [0.25, 0.3) is 0 Å². The number of ether oxygens (including phenoxy) is 1. The Morgan fingerprint density at radius 2 is 1.97 bits per heavy atom. The second kappa shape index (κ2) is 8.04. The number of imidazole rings is 1. The fourth-order valence-corrected chi connectivity index (χ4v) is 4.77. The summed E-state index contributed by atoms with van der Waals surface area (Å²) in [5, 5.41) is 14.5. The van der Waals surface area contributed by atoms with Crippen LogP contribution < -0.4 is 10.1 Å². The third-order valence-electron chi connectivity index (χ3n) is 5.42. The van der Waals surface area contributed by atoms with Crippen LogP contribution in [0.25, 0.3) is 21.7 Å². The number of aryl methyl sites for hydroxylation is 1. The Balaban J connectivity index is 1.35. The lowest BCUT2D eigenvalue weighted by molar-refractivity contribution is 0.116. The molecule has 154 valence electrons. The zero-order valence-corrected chi connectivity index (χ0v) is 17.5. The molecule has 2 N–H and O–H groups in total. The van der Waals surface area contributed by atoms with Crippen LogP contribution >= 0.6 is 11.3 Å². The first-order valence-corrected chi connectivity index (χ1v) is 10.9. The summed E-state index contributed by atoms with van der Waals surface area (Å²) in [5.74, 6) is 2.24. The zero-order valence-electron chi connectivity index (χ0n) is 16.7. The first kappa shape index (κ1) is 19.0. The highest BCUT2D eigenvalue weighted by Gasteiger charge is 2.23. The molecule has 3 aromatic heterocycles. The molecule has 1 fully saturated rings. The predicted molar refractivity (Wildman–Crippen MR) is 118 cm³/mol. The molecule has 1 aliphatic rings. The van der Waals surface area contributed by atoms with Crippen molar-refractivity contribution >= 4 is 26.7 Å². The normalized spacial score (nSPS) is 19.1. The number of anilines is 1. The molecule has 2 atom stereocenters. The Labute approximate surface area is 178 Å². The summed E-state index contributed by atoms with van der Waals surface area (Å²) in [7, 11) is 1.94. The molecule has 1 aromatic carbocycles. The standard InChI is InChI=1S/C22H23N5O2S/c1-27-11-10-24-21(27)18-12-15(8-9-23-18)29-14-6-7-17-20(13-14)30-22(26-17)25-16-4-2-3-5-19(16)28/h6-13,16,19,28H,2-5H2,1H3,(H,25,26). The topological polar surface area (TPSA) is 85.1 Å². The van der Waals surface area contributed by atoms with Crippen LogP contribution in [0.15, 0.2) is 48.9 Å². The number of hydrogen-bond donors (Lipinski definition) is 2. The lowest BCUT2D eigenvalue weighted by atomic mass is 9.93. The van der Waals surface area contributed by atoms with Crippen LogP contribution in [-0.4, -0.2) is 36.8 Å². The van der Waals surface area contributed by atoms with Crippen LogP contribution in [0.2, 0.25) is 0 Å². The molecule has 1 aliphatic carbocycles. The van der Waals surface area contributed by atoms with E-state index < -0.39 is 0 Å². The van der Waals surface area contributed by atoms with Crippen molar-refractivity contribution in [3.05, 3.63) is 48.9 Å². The molecule has 2 unspecified atom stereocenters. The highest BCUT2D eigenvalue weighted by Crippen LogP contribution is 2.33. The van der Waals surface area contributed by atoms with Gasteiger partial charge in [0.15, 0.2) is 11.0 Å². The lowest BCUT2D eigenvalue weighted by Crippen LogP contribution is -2.36. The van der Waals surface area contributed by atoms with Crippen molar-refractivity contribution in [3.63, 3.8) is 0 Å². The Hall–Kier alpha value is -2.97. The Morgan fingerprint density at radius 1 is 1.10 bits per heavy atom. The molecule has 5 rings (SSSR count). The van der Waals surface area contributed by atoms with Crippen molar-refractivity contribution < 1.29 is 9.84 Å². The number of rotatable bonds is 5. The quantitative estimate of drug-likeness (QED) is 0.490. The number of benzene rings is 1. The lowest BCUT2D eigenvalue weighted by Gasteiger charge is -2.27. The fraction of sp³-hybridized carbons (Fsp3) is 0.318. The van der Waals surface area contributed by atoms with Gasteiger partial charge in [-0.15, -0.1) is 0 Å². The average Bonchev–Trinajstić information content (AvgIpc) is 3.35. The average molecular weight is 422 g/mol. The number of aliphatic hydroxyl groups is 1. The maximum Gasteiger partial charge on any atom is 0.184 e. The summed E-state index contributed by atoms with van der Waals surface area (Å²) < 4.78 is 9.05. The van der Waals surface area contributed by atoms with Crippen molar-refractivity contribution in [1.82, 2.24) is 19.5 Å². The molecule has 0 spiro atoms. The van der Waals surface area contributed by atoms with E-state index in [1.165, 1.54) is 0 Å². The molecule has 0 saturated heterocycles. The van der Waals surface area contributed by atoms with Crippen LogP contribution in [-0.2, 0) is 7.05 Å². The van der Waals surface area contributed by atoms with E-state index in [1.807, 2.05) is 48.1 Å². The Kier molecular flexibility index (Phi) is 5.10. The van der Waals surface area contributed by atoms with Crippen LogP contribution in [0.5, 0.6) is 11.5 Å². The van der Waals surface area contributed by atoms with Crippen molar-refractivity contribution in [2.75, 3.05) is 5.32 Å². The van der Waals surface area contributed by atoms with E-state index in [1.54, 1.807) is 23.7 Å². The molecule has 7 nitrogen and oxygen atoms in total. The number of hydrogen-bond acceptors (Lipinski definition) is 7. The molecule has 0 amide bonds. The Morgan fingerprint density at radius 3 is 2.80 bits per heavy atom. The van der Waals surface area contributed by atoms with Gasteiger partial charge in [-0.25, -0.2) is 9.97 Å². The first-order valence-electron chi connectivity index (χ1n) is 10.1. The minimum atomic E-state index is -0.302. The smallest absolute Gasteiger partial charge is 0.184 e. The van der Waals surface area contributed by atoms with Gasteiger partial charge in [-0.3, -0.25) is 4.98 Å². The van der Waals surface area contributed by atoms with Gasteiger partial charge in [0.05, 0.1) is 22.4 Å². The molecule has 3 heterocycles. The number of pyridine rings is 1. The number of thiazole rings is 1. The van der Waals surface area contributed by atoms with E-state index in [4.69, 9.17) is 4.74 Å². The summed E-state index contributed by atoms with van der Waals surface area (Å²) in [6.45, 7) is 0. The van der Waals surface area contributed by atoms with Crippen molar-refractivity contribution in [2.45, 2.75) is 37.8 Å². The molecule has 0 bridgehead atoms. The molecule has 0 radical (unpaired) electrons. The highest BCUT2D eigenvalue weighted by atomic mass is 32.1. The number of nitrogens with one attached hydrogen (secondary N) is 1.